The average Bonchev–Trinajstić information content (AvgIpc) is 3.67. The Morgan fingerprint density at radius 3 is 2.35 bits per heavy atom. The molecule has 3 heterocycles. The van der Waals surface area contributed by atoms with E-state index < -0.39 is 0 Å². The topological polar surface area (TPSA) is 49.7 Å². The van der Waals surface area contributed by atoms with Crippen LogP contribution in [0.2, 0.25) is 5.02 Å². The summed E-state index contributed by atoms with van der Waals surface area (Å²) < 4.78 is 8.74. The number of likely N-dealkylation sites (tertiary alicyclic amines) is 2. The number of nitrogens with one attached hydrogen (secondary N) is 1. The number of rotatable bonds is 10. The van der Waals surface area contributed by atoms with E-state index in [0.717, 1.165) is 65.1 Å². The van der Waals surface area contributed by atoms with Crippen LogP contribution >= 0.6 is 11.6 Å². The fourth-order valence-electron chi connectivity index (χ4n) is 7.30. The van der Waals surface area contributed by atoms with E-state index in [4.69, 9.17) is 16.3 Å². The molecule has 2 fully saturated rings. The molecule has 1 atom stereocenters. The highest BCUT2D eigenvalue weighted by atomic mass is 35.5. The van der Waals surface area contributed by atoms with Gasteiger partial charge >= 0.3 is 0 Å². The molecule has 0 aliphatic carbocycles. The van der Waals surface area contributed by atoms with Crippen LogP contribution in [-0.2, 0) is 19.6 Å². The first-order valence-electron chi connectivity index (χ1n) is 16.8. The number of aromatic nitrogens is 1. The SMILES string of the molecule is CCn1c2ccccc2c2cc(CN3CCC(Oc4ccc(C(=O)NCC5CCN(Cc6ccccc6)C5)cc4Cl)CC3)ccc21. The van der Waals surface area contributed by atoms with E-state index in [1.165, 1.54) is 32.9 Å². The Morgan fingerprint density at radius 2 is 1.54 bits per heavy atom. The van der Waals surface area contributed by atoms with Crippen LogP contribution in [0.3, 0.4) is 0 Å². The van der Waals surface area contributed by atoms with Gasteiger partial charge in [-0.25, -0.2) is 0 Å². The summed E-state index contributed by atoms with van der Waals surface area (Å²) in [5.74, 6) is 1.03. The Labute approximate surface area is 276 Å². The molecule has 1 N–H and O–H groups in total. The van der Waals surface area contributed by atoms with Crippen molar-refractivity contribution in [3.8, 4) is 5.75 Å². The van der Waals surface area contributed by atoms with Gasteiger partial charge in [0.05, 0.1) is 5.02 Å². The van der Waals surface area contributed by atoms with Gasteiger partial charge in [0.2, 0.25) is 0 Å². The first-order valence-corrected chi connectivity index (χ1v) is 17.1. The quantitative estimate of drug-likeness (QED) is 0.171. The third-order valence-electron chi connectivity index (χ3n) is 9.75. The molecule has 2 aliphatic heterocycles. The van der Waals surface area contributed by atoms with Gasteiger partial charge in [-0.1, -0.05) is 66.2 Å². The number of hydrogen-bond acceptors (Lipinski definition) is 4. The summed E-state index contributed by atoms with van der Waals surface area (Å²) in [6, 6.07) is 31.6. The third kappa shape index (κ3) is 6.80. The molecule has 0 radical (unpaired) electrons. The Balaban J connectivity index is 0.883. The Morgan fingerprint density at radius 1 is 0.804 bits per heavy atom. The molecule has 4 aromatic carbocycles. The fourth-order valence-corrected chi connectivity index (χ4v) is 7.53. The summed E-state index contributed by atoms with van der Waals surface area (Å²) in [5, 5.41) is 6.28. The molecular formula is C39H43ClN4O2. The fraction of sp³-hybridized carbons (Fsp3) is 0.359. The van der Waals surface area contributed by atoms with Gasteiger partial charge in [-0.2, -0.15) is 0 Å². The number of nitrogens with zero attached hydrogens (tertiary/aromatic N) is 3. The number of para-hydroxylation sites is 1. The van der Waals surface area contributed by atoms with Gasteiger partial charge in [-0.15, -0.1) is 0 Å². The Hall–Kier alpha value is -3.84. The maximum atomic E-state index is 12.9. The van der Waals surface area contributed by atoms with Gasteiger partial charge in [0.15, 0.2) is 0 Å². The summed E-state index contributed by atoms with van der Waals surface area (Å²) in [5.41, 5.74) is 5.86. The lowest BCUT2D eigenvalue weighted by Gasteiger charge is -2.32. The monoisotopic (exact) mass is 634 g/mol. The Kier molecular flexibility index (Phi) is 9.29. The second kappa shape index (κ2) is 13.9. The van der Waals surface area contributed by atoms with E-state index in [2.05, 4.69) is 99.4 Å². The predicted molar refractivity (Wildman–Crippen MR) is 188 cm³/mol. The van der Waals surface area contributed by atoms with Gasteiger partial charge in [-0.3, -0.25) is 14.6 Å². The van der Waals surface area contributed by atoms with Crippen molar-refractivity contribution in [3.05, 3.63) is 113 Å². The minimum atomic E-state index is -0.0827. The van der Waals surface area contributed by atoms with Crippen molar-refractivity contribution in [2.45, 2.75) is 51.9 Å². The molecule has 238 valence electrons. The molecule has 7 heteroatoms. The Bertz CT molecular complexity index is 1810. The number of amides is 1. The van der Waals surface area contributed by atoms with Crippen LogP contribution in [0.1, 0.15) is 47.7 Å². The van der Waals surface area contributed by atoms with Crippen LogP contribution < -0.4 is 10.1 Å². The van der Waals surface area contributed by atoms with Crippen molar-refractivity contribution < 1.29 is 9.53 Å². The van der Waals surface area contributed by atoms with Crippen LogP contribution in [0.15, 0.2) is 91.0 Å². The molecule has 0 saturated carbocycles. The standard InChI is InChI=1S/C39H43ClN4O2/c1-2-44-36-11-7-6-10-33(36)34-22-29(12-14-37(34)44)26-42-20-17-32(18-21-42)46-38-15-13-31(23-35(38)40)39(45)41-24-30-16-19-43(27-30)25-28-8-4-3-5-9-28/h3-15,22-23,30,32H,2,16-21,24-27H2,1H3,(H,41,45). The predicted octanol–water partition coefficient (Wildman–Crippen LogP) is 7.76. The van der Waals surface area contributed by atoms with E-state index >= 15 is 0 Å². The number of benzene rings is 4. The lowest BCUT2D eigenvalue weighted by Crippen LogP contribution is -2.37. The smallest absolute Gasteiger partial charge is 0.251 e. The number of hydrogen-bond donors (Lipinski definition) is 1. The van der Waals surface area contributed by atoms with Crippen molar-refractivity contribution in [2.24, 2.45) is 5.92 Å². The zero-order valence-electron chi connectivity index (χ0n) is 26.6. The first-order chi connectivity index (χ1) is 22.5. The molecule has 0 bridgehead atoms. The molecule has 5 aromatic rings. The summed E-state index contributed by atoms with van der Waals surface area (Å²) in [6.45, 7) is 9.76. The molecule has 2 aliphatic rings. The zero-order valence-corrected chi connectivity index (χ0v) is 27.4. The van der Waals surface area contributed by atoms with Crippen molar-refractivity contribution in [2.75, 3.05) is 32.7 Å². The molecule has 1 amide bonds. The second-order valence-electron chi connectivity index (χ2n) is 12.9. The first kappa shape index (κ1) is 30.8. The number of fused-ring (bicyclic) bond motifs is 3. The van der Waals surface area contributed by atoms with E-state index in [0.29, 0.717) is 28.8 Å². The summed E-state index contributed by atoms with van der Waals surface area (Å²) in [6.07, 6.45) is 3.09. The number of carbonyl (C=O) groups is 1. The largest absolute Gasteiger partial charge is 0.489 e. The summed E-state index contributed by atoms with van der Waals surface area (Å²) >= 11 is 6.63. The van der Waals surface area contributed by atoms with E-state index in [9.17, 15) is 4.79 Å². The van der Waals surface area contributed by atoms with E-state index in [1.807, 2.05) is 12.1 Å². The van der Waals surface area contributed by atoms with E-state index in [-0.39, 0.29) is 12.0 Å². The highest BCUT2D eigenvalue weighted by Gasteiger charge is 2.24. The third-order valence-corrected chi connectivity index (χ3v) is 10.0. The van der Waals surface area contributed by atoms with Crippen LogP contribution in [0.25, 0.3) is 21.8 Å². The normalized spacial score (nSPS) is 18.0. The number of ether oxygens (including phenoxy) is 1. The maximum absolute atomic E-state index is 12.9. The number of piperidine rings is 1. The average molecular weight is 635 g/mol. The molecule has 2 saturated heterocycles. The van der Waals surface area contributed by atoms with Crippen LogP contribution in [0, 0.1) is 5.92 Å². The molecule has 6 nitrogen and oxygen atoms in total. The minimum Gasteiger partial charge on any atom is -0.489 e. The highest BCUT2D eigenvalue weighted by Crippen LogP contribution is 2.31. The van der Waals surface area contributed by atoms with Crippen LogP contribution in [0.5, 0.6) is 5.75 Å². The maximum Gasteiger partial charge on any atom is 0.251 e. The van der Waals surface area contributed by atoms with Crippen molar-refractivity contribution >= 4 is 39.3 Å². The molecular weight excluding hydrogens is 592 g/mol. The van der Waals surface area contributed by atoms with E-state index in [1.54, 1.807) is 6.07 Å². The number of halogens is 1. The molecule has 7 rings (SSSR count). The van der Waals surface area contributed by atoms with Crippen molar-refractivity contribution in [3.63, 3.8) is 0 Å². The van der Waals surface area contributed by atoms with Gasteiger partial charge in [0.25, 0.3) is 5.91 Å². The summed E-state index contributed by atoms with van der Waals surface area (Å²) in [4.78, 5) is 17.9. The van der Waals surface area contributed by atoms with Gasteiger partial charge < -0.3 is 14.6 Å². The second-order valence-corrected chi connectivity index (χ2v) is 13.3. The lowest BCUT2D eigenvalue weighted by molar-refractivity contribution is 0.0945. The van der Waals surface area contributed by atoms with Crippen molar-refractivity contribution in [1.29, 1.82) is 0 Å². The minimum absolute atomic E-state index is 0.0827. The zero-order chi connectivity index (χ0) is 31.5. The number of aryl methyl sites for hydroxylation is 1. The van der Waals surface area contributed by atoms with Gasteiger partial charge in [0, 0.05) is 73.2 Å². The van der Waals surface area contributed by atoms with Gasteiger partial charge in [-0.05, 0) is 86.2 Å². The molecule has 1 unspecified atom stereocenters. The molecule has 46 heavy (non-hydrogen) atoms. The van der Waals surface area contributed by atoms with Gasteiger partial charge in [0.1, 0.15) is 11.9 Å². The molecule has 1 aromatic heterocycles. The van der Waals surface area contributed by atoms with Crippen LogP contribution in [0.4, 0.5) is 0 Å². The lowest BCUT2D eigenvalue weighted by atomic mass is 10.0. The molecule has 0 spiro atoms. The number of carbonyl (C=O) groups excluding carboxylic acids is 1. The van der Waals surface area contributed by atoms with Crippen molar-refractivity contribution in [1.82, 2.24) is 19.7 Å². The van der Waals surface area contributed by atoms with Crippen LogP contribution in [-0.4, -0.2) is 59.1 Å². The summed E-state index contributed by atoms with van der Waals surface area (Å²) in [7, 11) is 0. The highest BCUT2D eigenvalue weighted by molar-refractivity contribution is 6.32.